The van der Waals surface area contributed by atoms with Gasteiger partial charge in [0.2, 0.25) is 0 Å². The molecule has 0 N–H and O–H groups in total. The minimum Gasteiger partial charge on any atom is -0.550 e. The summed E-state index contributed by atoms with van der Waals surface area (Å²) in [4.78, 5) is 8.89. The van der Waals surface area contributed by atoms with Crippen LogP contribution in [-0.2, 0) is 4.79 Å². The molecule has 0 radical (unpaired) electrons. The van der Waals surface area contributed by atoms with Crippen molar-refractivity contribution in [2.45, 2.75) is 45.8 Å². The molecule has 66 valence electrons. The van der Waals surface area contributed by atoms with E-state index in [1.54, 1.807) is 0 Å². The van der Waals surface area contributed by atoms with Gasteiger partial charge in [-0.05, 0) is 27.7 Å². The fourth-order valence-electron chi connectivity index (χ4n) is 0.750. The van der Waals surface area contributed by atoms with Crippen LogP contribution in [0.5, 0.6) is 0 Å². The number of carboxylic acids is 1. The highest BCUT2D eigenvalue weighted by Gasteiger charge is 2.16. The minimum absolute atomic E-state index is 0.137. The van der Waals surface area contributed by atoms with E-state index in [9.17, 15) is 0 Å². The molecule has 0 rings (SSSR count). The molecule has 0 aliphatic carbocycles. The molecule has 0 atom stereocenters. The highest BCUT2D eigenvalue weighted by atomic mass is 28.3. The molecule has 11 heavy (non-hydrogen) atoms. The largest absolute Gasteiger partial charge is 0.550 e. The van der Waals surface area contributed by atoms with Gasteiger partial charge in [0.15, 0.2) is 0 Å². The van der Waals surface area contributed by atoms with E-state index in [0.717, 1.165) is 6.92 Å². The number of carbonyl (C=O) groups is 1. The predicted molar refractivity (Wildman–Crippen MR) is 47.9 cm³/mol. The van der Waals surface area contributed by atoms with Crippen LogP contribution in [0.4, 0.5) is 0 Å². The third kappa shape index (κ3) is 17.7. The van der Waals surface area contributed by atoms with E-state index in [2.05, 4.69) is 20.8 Å². The molecule has 0 fully saturated rings. The summed E-state index contributed by atoms with van der Waals surface area (Å²) in [6.07, 6.45) is 0. The zero-order valence-corrected chi connectivity index (χ0v) is 8.94. The summed E-state index contributed by atoms with van der Waals surface area (Å²) in [5.41, 5.74) is 0. The predicted octanol–water partition coefficient (Wildman–Crippen LogP) is 1.30. The van der Waals surface area contributed by atoms with Crippen molar-refractivity contribution in [1.82, 2.24) is 0 Å². The van der Waals surface area contributed by atoms with Crippen LogP contribution in [0.2, 0.25) is 18.1 Å². The maximum absolute atomic E-state index is 8.89. The van der Waals surface area contributed by atoms with Crippen molar-refractivity contribution in [1.29, 1.82) is 0 Å². The van der Waals surface area contributed by atoms with E-state index in [4.69, 9.17) is 9.90 Å². The van der Waals surface area contributed by atoms with Gasteiger partial charge in [-0.3, -0.25) is 0 Å². The molecule has 0 spiro atoms. The fourth-order valence-corrected chi connectivity index (χ4v) is 2.25. The maximum Gasteiger partial charge on any atom is 0.313 e. The summed E-state index contributed by atoms with van der Waals surface area (Å²) < 4.78 is 0. The van der Waals surface area contributed by atoms with Crippen molar-refractivity contribution in [3.63, 3.8) is 0 Å². The Balaban J connectivity index is 0. The fraction of sp³-hybridized carbons (Fsp3) is 0.875. The Labute approximate surface area is 71.2 Å². The van der Waals surface area contributed by atoms with Crippen molar-refractivity contribution in [3.8, 4) is 0 Å². The number of aliphatic carboxylic acids is 1. The van der Waals surface area contributed by atoms with Gasteiger partial charge in [0.25, 0.3) is 0 Å². The average molecular weight is 174 g/mol. The Bertz CT molecular complexity index is 80.6. The summed E-state index contributed by atoms with van der Waals surface area (Å²) >= 11 is 0. The van der Waals surface area contributed by atoms with Gasteiger partial charge >= 0.3 is 8.80 Å². The first-order chi connectivity index (χ1) is 5.08. The SMILES string of the molecule is CC(=O)[O-].CC[Si+](CC)CC. The average Bonchev–Trinajstić information content (AvgIpc) is 1.90. The monoisotopic (exact) mass is 174 g/mol. The Morgan fingerprint density at radius 1 is 1.18 bits per heavy atom. The molecule has 2 nitrogen and oxygen atoms in total. The lowest BCUT2D eigenvalue weighted by Crippen LogP contribution is -2.16. The van der Waals surface area contributed by atoms with Crippen LogP contribution in [0.1, 0.15) is 27.7 Å². The Morgan fingerprint density at radius 2 is 1.36 bits per heavy atom. The quantitative estimate of drug-likeness (QED) is 0.605. The second-order valence-corrected chi connectivity index (χ2v) is 5.92. The molecular weight excluding hydrogens is 156 g/mol. The lowest BCUT2D eigenvalue weighted by molar-refractivity contribution is -0.302. The summed E-state index contributed by atoms with van der Waals surface area (Å²) in [5, 5.41) is 8.89. The topological polar surface area (TPSA) is 40.1 Å². The first-order valence-electron chi connectivity index (χ1n) is 4.09. The number of rotatable bonds is 3. The number of hydrogen-bond donors (Lipinski definition) is 0. The highest BCUT2D eigenvalue weighted by molar-refractivity contribution is 6.58. The van der Waals surface area contributed by atoms with Crippen molar-refractivity contribution in [2.75, 3.05) is 0 Å². The van der Waals surface area contributed by atoms with Gasteiger partial charge in [-0.2, -0.15) is 0 Å². The normalized spacial score (nSPS) is 8.00. The lowest BCUT2D eigenvalue weighted by Gasteiger charge is -1.86. The summed E-state index contributed by atoms with van der Waals surface area (Å²) in [6, 6.07) is 4.37. The zero-order chi connectivity index (χ0) is 9.28. The van der Waals surface area contributed by atoms with Crippen molar-refractivity contribution >= 4 is 14.8 Å². The highest BCUT2D eigenvalue weighted by Crippen LogP contribution is 2.01. The zero-order valence-electron chi connectivity index (χ0n) is 7.94. The molecule has 0 aliphatic heterocycles. The van der Waals surface area contributed by atoms with E-state index in [1.165, 1.54) is 18.1 Å². The van der Waals surface area contributed by atoms with Gasteiger partial charge in [-0.25, -0.2) is 0 Å². The van der Waals surface area contributed by atoms with Gasteiger partial charge in [-0.1, -0.05) is 0 Å². The molecular formula is C8H18O2Si. The van der Waals surface area contributed by atoms with Crippen molar-refractivity contribution in [3.05, 3.63) is 0 Å². The van der Waals surface area contributed by atoms with Gasteiger partial charge < -0.3 is 9.90 Å². The molecule has 0 saturated carbocycles. The summed E-state index contributed by atoms with van der Waals surface area (Å²) in [7, 11) is 0.137. The molecule has 0 aromatic carbocycles. The Morgan fingerprint density at radius 3 is 1.36 bits per heavy atom. The van der Waals surface area contributed by atoms with E-state index >= 15 is 0 Å². The van der Waals surface area contributed by atoms with Crippen LogP contribution < -0.4 is 5.11 Å². The molecule has 0 aliphatic rings. The van der Waals surface area contributed by atoms with Crippen LogP contribution in [-0.4, -0.2) is 14.8 Å². The molecule has 0 unspecified atom stereocenters. The van der Waals surface area contributed by atoms with E-state index in [0.29, 0.717) is 0 Å². The van der Waals surface area contributed by atoms with Gasteiger partial charge in [0.1, 0.15) is 0 Å². The van der Waals surface area contributed by atoms with Gasteiger partial charge in [0, 0.05) is 5.97 Å². The van der Waals surface area contributed by atoms with E-state index in [-0.39, 0.29) is 8.80 Å². The second kappa shape index (κ2) is 9.69. The van der Waals surface area contributed by atoms with Crippen LogP contribution in [0.25, 0.3) is 0 Å². The van der Waals surface area contributed by atoms with Crippen LogP contribution in [0, 0.1) is 0 Å². The number of hydrogen-bond acceptors (Lipinski definition) is 2. The van der Waals surface area contributed by atoms with Crippen LogP contribution in [0.3, 0.4) is 0 Å². The first-order valence-corrected chi connectivity index (χ1v) is 6.21. The molecule has 0 aromatic rings. The standard InChI is InChI=1S/C6H15Si.C2H4O2/c1-4-7(5-2)6-3;1-2(3)4/h4-6H2,1-3H3;1H3,(H,3,4)/q+1;/p-1. The Kier molecular flexibility index (Phi) is 11.7. The van der Waals surface area contributed by atoms with Crippen LogP contribution >= 0.6 is 0 Å². The molecule has 3 heteroatoms. The third-order valence-corrected chi connectivity index (χ3v) is 4.50. The second-order valence-electron chi connectivity index (χ2n) is 2.30. The third-order valence-electron chi connectivity index (χ3n) is 1.50. The van der Waals surface area contributed by atoms with E-state index in [1.807, 2.05) is 0 Å². The van der Waals surface area contributed by atoms with Gasteiger partial charge in [0.05, 0.1) is 18.1 Å². The smallest absolute Gasteiger partial charge is 0.313 e. The molecule has 0 bridgehead atoms. The van der Waals surface area contributed by atoms with Crippen molar-refractivity contribution in [2.24, 2.45) is 0 Å². The lowest BCUT2D eigenvalue weighted by atomic mass is 10.9. The Hall–Kier alpha value is -0.313. The number of carboxylic acid groups (broad SMARTS) is 1. The molecule has 0 heterocycles. The first kappa shape index (κ1) is 13.3. The van der Waals surface area contributed by atoms with Crippen molar-refractivity contribution < 1.29 is 9.90 Å². The minimum atomic E-state index is -1.08. The molecule has 0 saturated heterocycles. The van der Waals surface area contributed by atoms with Gasteiger partial charge in [-0.15, -0.1) is 0 Å². The molecule has 0 amide bonds. The maximum atomic E-state index is 8.89. The summed E-state index contributed by atoms with van der Waals surface area (Å²) in [6.45, 7) is 7.89. The number of carbonyl (C=O) groups excluding carboxylic acids is 1. The molecule has 0 aromatic heterocycles. The summed E-state index contributed by atoms with van der Waals surface area (Å²) in [5.74, 6) is -1.08. The van der Waals surface area contributed by atoms with E-state index < -0.39 is 5.97 Å². The van der Waals surface area contributed by atoms with Crippen LogP contribution in [0.15, 0.2) is 0 Å².